The molecule has 0 spiro atoms. The van der Waals surface area contributed by atoms with E-state index in [0.717, 1.165) is 35.7 Å². The summed E-state index contributed by atoms with van der Waals surface area (Å²) in [5.74, 6) is 0. The van der Waals surface area contributed by atoms with Crippen LogP contribution in [-0.2, 0) is 0 Å². The molecular formula is C112H85B2Br3O4. The van der Waals surface area contributed by atoms with E-state index in [2.05, 4.69) is 412 Å². The summed E-state index contributed by atoms with van der Waals surface area (Å²) in [6.45, 7) is 0. The quantitative estimate of drug-likeness (QED) is 0.103. The molecule has 0 saturated carbocycles. The molecule has 0 fully saturated rings. The van der Waals surface area contributed by atoms with Crippen molar-refractivity contribution >= 4 is 159 Å². The van der Waals surface area contributed by atoms with E-state index in [4.69, 9.17) is 10.0 Å². The van der Waals surface area contributed by atoms with Crippen molar-refractivity contribution in [3.05, 3.63) is 456 Å². The molecule has 21 rings (SSSR count). The second kappa shape index (κ2) is 38.4. The van der Waals surface area contributed by atoms with Crippen LogP contribution in [0.1, 0.15) is 14.9 Å². The predicted octanol–water partition coefficient (Wildman–Crippen LogP) is 29.9. The highest BCUT2D eigenvalue weighted by atomic mass is 79.9. The Morgan fingerprint density at radius 3 is 0.562 bits per heavy atom. The van der Waals surface area contributed by atoms with Crippen LogP contribution in [0.3, 0.4) is 0 Å². The van der Waals surface area contributed by atoms with Crippen molar-refractivity contribution in [1.29, 1.82) is 0 Å². The maximum Gasteiger partial charge on any atom is 0.488 e. The summed E-state index contributed by atoms with van der Waals surface area (Å²) in [4.78, 5) is 0. The summed E-state index contributed by atoms with van der Waals surface area (Å²) in [6, 6.07) is 155. The first-order valence-corrected chi connectivity index (χ1v) is 41.9. The van der Waals surface area contributed by atoms with E-state index in [1.165, 1.54) is 153 Å². The fraction of sp³-hybridized carbons (Fsp3) is 0.0179. The molecule has 584 valence electrons. The zero-order valence-corrected chi connectivity index (χ0v) is 69.5. The molecule has 0 bridgehead atoms. The summed E-state index contributed by atoms with van der Waals surface area (Å²) < 4.78 is 3.36. The van der Waals surface area contributed by atoms with Crippen molar-refractivity contribution in [2.24, 2.45) is 0 Å². The first-order valence-electron chi connectivity index (χ1n) is 39.5. The number of hydrogen-bond acceptors (Lipinski definition) is 4. The van der Waals surface area contributed by atoms with Crippen LogP contribution in [0.4, 0.5) is 0 Å². The minimum absolute atomic E-state index is 0. The Hall–Kier alpha value is -12.9. The third-order valence-electron chi connectivity index (χ3n) is 21.8. The molecule has 0 aliphatic rings. The molecule has 121 heavy (non-hydrogen) atoms. The van der Waals surface area contributed by atoms with Crippen LogP contribution < -0.4 is 10.9 Å². The van der Waals surface area contributed by atoms with Crippen molar-refractivity contribution in [3.63, 3.8) is 0 Å². The monoisotopic (exact) mass is 1750 g/mol. The van der Waals surface area contributed by atoms with Crippen LogP contribution in [0, 0.1) is 0 Å². The fourth-order valence-corrected chi connectivity index (χ4v) is 16.5. The van der Waals surface area contributed by atoms with E-state index in [0.29, 0.717) is 10.9 Å². The van der Waals surface area contributed by atoms with Crippen molar-refractivity contribution in [2.75, 3.05) is 0 Å². The maximum atomic E-state index is 9.22. The first-order chi connectivity index (χ1) is 58.3. The second-order valence-electron chi connectivity index (χ2n) is 29.7. The van der Waals surface area contributed by atoms with Crippen molar-refractivity contribution in [2.45, 2.75) is 14.9 Å². The number of halogens is 3. The van der Waals surface area contributed by atoms with Gasteiger partial charge in [-0.05, 0) is 283 Å². The molecule has 0 radical (unpaired) electrons. The van der Waals surface area contributed by atoms with Crippen LogP contribution in [0.25, 0.3) is 175 Å². The van der Waals surface area contributed by atoms with Crippen LogP contribution in [0.15, 0.2) is 456 Å². The van der Waals surface area contributed by atoms with Gasteiger partial charge in [0.05, 0.1) is 0 Å². The lowest BCUT2D eigenvalue weighted by atomic mass is 9.79. The lowest BCUT2D eigenvalue weighted by Gasteiger charge is -2.10. The summed E-state index contributed by atoms with van der Waals surface area (Å²) >= 11 is 10.4. The van der Waals surface area contributed by atoms with Gasteiger partial charge >= 0.3 is 14.2 Å². The molecule has 0 unspecified atom stereocenters. The molecule has 4 nitrogen and oxygen atoms in total. The van der Waals surface area contributed by atoms with E-state index in [-0.39, 0.29) is 14.9 Å². The molecular weight excluding hydrogens is 1670 g/mol. The summed E-state index contributed by atoms with van der Waals surface area (Å²) in [5, 5.41) is 56.6. The summed E-state index contributed by atoms with van der Waals surface area (Å²) in [6.07, 6.45) is 0. The Balaban J connectivity index is 0.000000125. The van der Waals surface area contributed by atoms with Gasteiger partial charge in [-0.1, -0.05) is 408 Å². The highest BCUT2D eigenvalue weighted by Crippen LogP contribution is 2.37. The molecule has 0 amide bonds. The molecule has 0 atom stereocenters. The van der Waals surface area contributed by atoms with Gasteiger partial charge in [-0.2, -0.15) is 0 Å². The van der Waals surface area contributed by atoms with Crippen LogP contribution in [0.5, 0.6) is 0 Å². The van der Waals surface area contributed by atoms with Gasteiger partial charge in [0, 0.05) is 13.4 Å². The minimum Gasteiger partial charge on any atom is -0.423 e. The molecule has 0 saturated heterocycles. The number of rotatable bonds is 10. The number of fused-ring (bicyclic) bond motifs is 8. The fourth-order valence-electron chi connectivity index (χ4n) is 15.4. The lowest BCUT2D eigenvalue weighted by molar-refractivity contribution is 0.424. The lowest BCUT2D eigenvalue weighted by Crippen LogP contribution is -2.29. The standard InChI is InChI=1S/C42H28.C26H17Br.2C16H13BO2.C10H6Br2.2CH4/c1-3-8-33-24-37(18-16-29(33)6-1)31-12-14-32(15-13-31)38-20-21-42-28-40(22-23-41(42)27-38)36-11-5-10-35(26-36)39-19-17-30-7-2-4-9-34(30)25-39;27-26-13-12-24-16-23(10-11-25(24)17-26)21-7-3-6-20(15-21)22-9-8-18-4-1-2-5-19(18)14-22;18-17(19)16-7-3-6-14(11-16)15-9-8-12-4-1-2-5-13(12)10-15;18-17(19)16-9-7-13(8-10-16)15-6-5-12-3-1-2-4-14(12)11-15;11-9-3-1-7-5-10(12)4-2-8(7)6-9;;/h1-28H;1-17H;2*1-11,18-19H;1-6H;2*1H4. The molecule has 9 heteroatoms. The van der Waals surface area contributed by atoms with Crippen LogP contribution >= 0.6 is 47.8 Å². The zero-order chi connectivity index (χ0) is 81.1. The molecule has 0 aliphatic heterocycles. The smallest absolute Gasteiger partial charge is 0.423 e. The minimum atomic E-state index is -1.43. The SMILES string of the molecule is Brc1ccc2cc(-c3cccc(-c4ccc5ccccc5c4)c3)ccc2c1.Brc1ccc2cc(Br)ccc2c1.C.C.OB(O)c1ccc(-c2ccc3ccccc3c2)cc1.OB(O)c1cccc(-c2ccc3ccccc3c2)c1.c1cc(-c2ccc3ccccc3c2)cc(-c2ccc3cc(-c4ccc(-c5ccc6ccccc6c5)cc4)ccc3c2)c1. The van der Waals surface area contributed by atoms with E-state index >= 15 is 0 Å². The van der Waals surface area contributed by atoms with Gasteiger partial charge in [0.15, 0.2) is 0 Å². The van der Waals surface area contributed by atoms with E-state index < -0.39 is 14.2 Å². The topological polar surface area (TPSA) is 80.9 Å². The van der Waals surface area contributed by atoms with Gasteiger partial charge in [0.2, 0.25) is 0 Å². The van der Waals surface area contributed by atoms with Crippen molar-refractivity contribution in [1.82, 2.24) is 0 Å². The van der Waals surface area contributed by atoms with Gasteiger partial charge in [0.25, 0.3) is 0 Å². The predicted molar refractivity (Wildman–Crippen MR) is 532 cm³/mol. The Kier molecular flexibility index (Phi) is 26.4. The molecule has 0 aromatic heterocycles. The largest absolute Gasteiger partial charge is 0.488 e. The Morgan fingerprint density at radius 1 is 0.132 bits per heavy atom. The third-order valence-corrected chi connectivity index (χ3v) is 23.3. The van der Waals surface area contributed by atoms with Crippen LogP contribution in [0.2, 0.25) is 0 Å². The van der Waals surface area contributed by atoms with Crippen molar-refractivity contribution < 1.29 is 20.1 Å². The van der Waals surface area contributed by atoms with Gasteiger partial charge in [-0.3, -0.25) is 0 Å². The second-order valence-corrected chi connectivity index (χ2v) is 32.4. The number of benzene rings is 21. The number of hydrogen-bond donors (Lipinski definition) is 4. The Labute approximate surface area is 733 Å². The summed E-state index contributed by atoms with van der Waals surface area (Å²) in [5.41, 5.74) is 20.1. The molecule has 0 aliphatic carbocycles. The highest BCUT2D eigenvalue weighted by Gasteiger charge is 2.15. The zero-order valence-electron chi connectivity index (χ0n) is 64.7. The molecule has 0 heterocycles. The highest BCUT2D eigenvalue weighted by molar-refractivity contribution is 9.11. The molecule has 21 aromatic carbocycles. The van der Waals surface area contributed by atoms with Gasteiger partial charge in [0.1, 0.15) is 0 Å². The molecule has 21 aromatic rings. The van der Waals surface area contributed by atoms with Crippen LogP contribution in [-0.4, -0.2) is 34.3 Å². The first kappa shape index (κ1) is 83.2. The Morgan fingerprint density at radius 2 is 0.306 bits per heavy atom. The average molecular weight is 1760 g/mol. The maximum absolute atomic E-state index is 9.22. The van der Waals surface area contributed by atoms with Gasteiger partial charge in [-0.25, -0.2) is 0 Å². The van der Waals surface area contributed by atoms with E-state index in [9.17, 15) is 10.0 Å². The van der Waals surface area contributed by atoms with E-state index in [1.807, 2.05) is 54.6 Å². The Bertz CT molecular complexity index is 7210. The van der Waals surface area contributed by atoms with Gasteiger partial charge < -0.3 is 20.1 Å². The van der Waals surface area contributed by atoms with Gasteiger partial charge in [-0.15, -0.1) is 0 Å². The third kappa shape index (κ3) is 20.0. The van der Waals surface area contributed by atoms with Crippen molar-refractivity contribution in [3.8, 4) is 89.0 Å². The average Bonchev–Trinajstić information content (AvgIpc) is 0.779. The van der Waals surface area contributed by atoms with E-state index in [1.54, 1.807) is 24.3 Å². The molecule has 4 N–H and O–H groups in total. The normalized spacial score (nSPS) is 10.8. The summed E-state index contributed by atoms with van der Waals surface area (Å²) in [7, 11) is -2.84.